The summed E-state index contributed by atoms with van der Waals surface area (Å²) >= 11 is 0. The second-order valence-electron chi connectivity index (χ2n) is 12.9. The lowest BCUT2D eigenvalue weighted by Gasteiger charge is -2.27. The number of hydrogen-bond acceptors (Lipinski definition) is 12. The van der Waals surface area contributed by atoms with Gasteiger partial charge in [0, 0.05) is 38.8 Å². The summed E-state index contributed by atoms with van der Waals surface area (Å²) in [6.07, 6.45) is 1.13. The van der Waals surface area contributed by atoms with Crippen molar-refractivity contribution in [1.82, 2.24) is 15.5 Å². The molecule has 48 heavy (non-hydrogen) atoms. The van der Waals surface area contributed by atoms with Gasteiger partial charge in [0.2, 0.25) is 0 Å². The van der Waals surface area contributed by atoms with Crippen LogP contribution in [0.15, 0.2) is 30.3 Å². The Labute approximate surface area is 286 Å². The summed E-state index contributed by atoms with van der Waals surface area (Å²) in [7, 11) is 0. The van der Waals surface area contributed by atoms with Crippen molar-refractivity contribution in [2.75, 3.05) is 112 Å². The first-order valence-corrected chi connectivity index (χ1v) is 17.4. The van der Waals surface area contributed by atoms with Crippen LogP contribution >= 0.6 is 0 Å². The number of hydrogen-bond donors (Lipinski definition) is 2. The summed E-state index contributed by atoms with van der Waals surface area (Å²) in [5, 5.41) is 6.23. The van der Waals surface area contributed by atoms with Gasteiger partial charge in [-0.3, -0.25) is 9.69 Å². The Bertz CT molecular complexity index is 997. The highest BCUT2D eigenvalue weighted by molar-refractivity contribution is 5.69. The minimum absolute atomic E-state index is 0.240. The molecule has 1 unspecified atom stereocenters. The Morgan fingerprint density at radius 1 is 0.771 bits per heavy atom. The highest BCUT2D eigenvalue weighted by Gasteiger charge is 2.51. The Hall–Kier alpha value is -2.36. The number of esters is 1. The molecule has 1 aliphatic carbocycles. The zero-order valence-corrected chi connectivity index (χ0v) is 29.3. The fourth-order valence-corrected chi connectivity index (χ4v) is 5.40. The zero-order valence-electron chi connectivity index (χ0n) is 29.3. The molecule has 0 bridgehead atoms. The lowest BCUT2D eigenvalue weighted by Crippen LogP contribution is -2.43. The number of likely N-dealkylation sites (tertiary alicyclic amines) is 1. The number of carbonyl (C=O) groups is 2. The fourth-order valence-electron chi connectivity index (χ4n) is 5.40. The van der Waals surface area contributed by atoms with Gasteiger partial charge in [-0.2, -0.15) is 0 Å². The third-order valence-corrected chi connectivity index (χ3v) is 7.80. The largest absolute Gasteiger partial charge is 0.460 e. The van der Waals surface area contributed by atoms with Crippen molar-refractivity contribution in [3.63, 3.8) is 0 Å². The smallest absolute Gasteiger partial charge is 0.407 e. The van der Waals surface area contributed by atoms with Gasteiger partial charge < -0.3 is 48.5 Å². The first-order valence-electron chi connectivity index (χ1n) is 17.4. The minimum atomic E-state index is -0.471. The van der Waals surface area contributed by atoms with Crippen molar-refractivity contribution in [1.29, 1.82) is 0 Å². The van der Waals surface area contributed by atoms with E-state index in [0.29, 0.717) is 91.9 Å². The molecule has 1 saturated carbocycles. The summed E-state index contributed by atoms with van der Waals surface area (Å²) in [5.74, 6) is 1.38. The molecule has 274 valence electrons. The highest BCUT2D eigenvalue weighted by Crippen LogP contribution is 2.49. The molecule has 2 fully saturated rings. The molecule has 13 nitrogen and oxygen atoms in total. The van der Waals surface area contributed by atoms with E-state index in [1.807, 2.05) is 51.1 Å². The fraction of sp³-hybridized carbons (Fsp3) is 0.771. The predicted octanol–water partition coefficient (Wildman–Crippen LogP) is 2.65. The van der Waals surface area contributed by atoms with Crippen molar-refractivity contribution in [2.45, 2.75) is 51.9 Å². The molecule has 13 heteroatoms. The molecule has 3 atom stereocenters. The normalized spacial score (nSPS) is 18.9. The van der Waals surface area contributed by atoms with Gasteiger partial charge in [-0.25, -0.2) is 4.79 Å². The number of rotatable bonds is 28. The molecule has 0 radical (unpaired) electrons. The lowest BCUT2D eigenvalue weighted by molar-refractivity contribution is -0.156. The Morgan fingerprint density at radius 2 is 1.35 bits per heavy atom. The maximum Gasteiger partial charge on any atom is 0.407 e. The van der Waals surface area contributed by atoms with Crippen LogP contribution in [-0.4, -0.2) is 141 Å². The number of nitrogens with one attached hydrogen (secondary N) is 2. The maximum absolute atomic E-state index is 11.7. The van der Waals surface area contributed by atoms with Gasteiger partial charge in [-0.05, 0) is 44.6 Å². The van der Waals surface area contributed by atoms with Crippen LogP contribution in [0.5, 0.6) is 0 Å². The third kappa shape index (κ3) is 19.0. The summed E-state index contributed by atoms with van der Waals surface area (Å²) < 4.78 is 43.9. The van der Waals surface area contributed by atoms with Gasteiger partial charge in [0.15, 0.2) is 0 Å². The van der Waals surface area contributed by atoms with Gasteiger partial charge in [0.25, 0.3) is 0 Å². The predicted molar refractivity (Wildman–Crippen MR) is 180 cm³/mol. The van der Waals surface area contributed by atoms with Crippen LogP contribution in [0, 0.1) is 11.8 Å². The van der Waals surface area contributed by atoms with Crippen LogP contribution in [0.2, 0.25) is 0 Å². The topological polar surface area (TPSA) is 135 Å². The molecule has 3 rings (SSSR count). The number of nitrogens with zero attached hydrogens (tertiary/aromatic N) is 1. The number of ether oxygens (including phenoxy) is 8. The van der Waals surface area contributed by atoms with E-state index in [0.717, 1.165) is 43.6 Å². The molecule has 2 aliphatic rings. The number of alkyl carbamates (subject to hydrolysis) is 1. The van der Waals surface area contributed by atoms with Crippen molar-refractivity contribution < 1.29 is 47.5 Å². The van der Waals surface area contributed by atoms with E-state index in [1.54, 1.807) is 0 Å². The van der Waals surface area contributed by atoms with Crippen LogP contribution < -0.4 is 10.6 Å². The average molecular weight is 682 g/mol. The van der Waals surface area contributed by atoms with E-state index < -0.39 is 11.7 Å². The third-order valence-electron chi connectivity index (χ3n) is 7.80. The van der Waals surface area contributed by atoms with Gasteiger partial charge >= 0.3 is 12.1 Å². The van der Waals surface area contributed by atoms with E-state index in [4.69, 9.17) is 37.9 Å². The van der Waals surface area contributed by atoms with Crippen LogP contribution in [0.25, 0.3) is 0 Å². The molecular weight excluding hydrogens is 622 g/mol. The second-order valence-corrected chi connectivity index (χ2v) is 12.9. The Balaban J connectivity index is 1.04. The number of benzene rings is 1. The Morgan fingerprint density at radius 3 is 2.00 bits per heavy atom. The van der Waals surface area contributed by atoms with Crippen LogP contribution in [0.1, 0.15) is 39.2 Å². The standard InChI is InChI=1S/C35H59N3O10/c1-35(2,3)48-33(39)9-13-41-17-21-45-23-24-46-22-20-44-16-12-38-27-30-25-31(30)32(38)26-36-10-14-42-18-19-43-15-11-37-34(40)47-28-29-7-5-4-6-8-29/h4-8,30-32,36H,9-28H2,1-3H3,(H,37,40)/t30-,31?,32+/m0/s1. The monoisotopic (exact) mass is 681 g/mol. The molecule has 1 amide bonds. The van der Waals surface area contributed by atoms with Crippen LogP contribution in [-0.2, 0) is 49.3 Å². The molecule has 1 aromatic carbocycles. The number of amides is 1. The van der Waals surface area contributed by atoms with E-state index in [1.165, 1.54) is 6.42 Å². The first kappa shape index (κ1) is 40.1. The SMILES string of the molecule is CC(C)(C)OC(=O)CCOCCOCCOCCOCCN1C[C@@H]2CC2[C@H]1CNCCOCCOCCNC(=O)OCc1ccccc1. The molecule has 1 saturated heterocycles. The van der Waals surface area contributed by atoms with Gasteiger partial charge in [0.05, 0.1) is 85.7 Å². The van der Waals surface area contributed by atoms with Gasteiger partial charge in [-0.1, -0.05) is 30.3 Å². The van der Waals surface area contributed by atoms with Crippen molar-refractivity contribution in [2.24, 2.45) is 11.8 Å². The van der Waals surface area contributed by atoms with E-state index in [9.17, 15) is 9.59 Å². The molecule has 1 aromatic rings. The van der Waals surface area contributed by atoms with Crippen LogP contribution in [0.3, 0.4) is 0 Å². The number of fused-ring (bicyclic) bond motifs is 1. The summed E-state index contributed by atoms with van der Waals surface area (Å²) in [4.78, 5) is 25.9. The lowest BCUT2D eigenvalue weighted by atomic mass is 10.2. The summed E-state index contributed by atoms with van der Waals surface area (Å²) in [5.41, 5.74) is 0.479. The van der Waals surface area contributed by atoms with Crippen molar-refractivity contribution in [3.05, 3.63) is 35.9 Å². The molecular formula is C35H59N3O10. The zero-order chi connectivity index (χ0) is 34.3. The Kier molecular flexibility index (Phi) is 20.0. The molecule has 0 spiro atoms. The minimum Gasteiger partial charge on any atom is -0.460 e. The first-order chi connectivity index (χ1) is 23.3. The second kappa shape index (κ2) is 23.9. The van der Waals surface area contributed by atoms with Crippen LogP contribution in [0.4, 0.5) is 4.79 Å². The van der Waals surface area contributed by atoms with Gasteiger partial charge in [0.1, 0.15) is 12.2 Å². The highest BCUT2D eigenvalue weighted by atomic mass is 16.6. The number of piperidine rings is 1. The molecule has 1 heterocycles. The van der Waals surface area contributed by atoms with Crippen molar-refractivity contribution >= 4 is 12.1 Å². The summed E-state index contributed by atoms with van der Waals surface area (Å²) in [6.45, 7) is 16.1. The molecule has 1 aliphatic heterocycles. The van der Waals surface area contributed by atoms with E-state index in [-0.39, 0.29) is 19.0 Å². The molecule has 0 aromatic heterocycles. The van der Waals surface area contributed by atoms with E-state index in [2.05, 4.69) is 15.5 Å². The van der Waals surface area contributed by atoms with Crippen molar-refractivity contribution in [3.8, 4) is 0 Å². The van der Waals surface area contributed by atoms with E-state index >= 15 is 0 Å². The quantitative estimate of drug-likeness (QED) is 0.0995. The maximum atomic E-state index is 11.7. The molecule has 2 N–H and O–H groups in total. The average Bonchev–Trinajstić information content (AvgIpc) is 3.74. The number of carbonyl (C=O) groups excluding carboxylic acids is 2. The van der Waals surface area contributed by atoms with Gasteiger partial charge in [-0.15, -0.1) is 0 Å². The summed E-state index contributed by atoms with van der Waals surface area (Å²) in [6, 6.07) is 10.1.